The average molecular weight is 774 g/mol. The van der Waals surface area contributed by atoms with Gasteiger partial charge in [0.15, 0.2) is 17.7 Å². The van der Waals surface area contributed by atoms with Crippen molar-refractivity contribution in [2.75, 3.05) is 50.1 Å². The van der Waals surface area contributed by atoms with E-state index >= 15 is 0 Å². The number of imidazole rings is 1. The summed E-state index contributed by atoms with van der Waals surface area (Å²) in [7, 11) is -8.87. The fourth-order valence-electron chi connectivity index (χ4n) is 4.65. The normalized spacial score (nSPS) is 21.9. The van der Waals surface area contributed by atoms with E-state index in [9.17, 15) is 43.0 Å². The Morgan fingerprint density at radius 2 is 1.88 bits per heavy atom. The highest BCUT2D eigenvalue weighted by Gasteiger charge is 2.45. The lowest BCUT2D eigenvalue weighted by Gasteiger charge is -2.29. The summed E-state index contributed by atoms with van der Waals surface area (Å²) in [5.74, 6) is -1.59. The second-order valence-corrected chi connectivity index (χ2v) is 16.5. The van der Waals surface area contributed by atoms with Gasteiger partial charge in [-0.25, -0.2) is 32.7 Å². The third-order valence-electron chi connectivity index (χ3n) is 7.58. The molecule has 1 aliphatic heterocycles. The third kappa shape index (κ3) is 11.7. The van der Waals surface area contributed by atoms with Crippen LogP contribution in [0.1, 0.15) is 26.5 Å². The molecule has 13 N–H and O–H groups in total. The molecular formula is C25H44N9O13PS2. The predicted octanol–water partition coefficient (Wildman–Crippen LogP) is -4.51. The highest BCUT2D eigenvalue weighted by Crippen LogP contribution is 2.39. The number of aromatic nitrogens is 4. The Kier molecular flexibility index (Phi) is 14.9. The first-order valence-electron chi connectivity index (χ1n) is 15.1. The Balaban J connectivity index is 1.43. The lowest BCUT2D eigenvalue weighted by atomic mass is 9.87. The molecule has 2 aromatic rings. The number of thioether (sulfide) groups is 1. The number of nitrogens with one attached hydrogen (secondary N) is 3. The Bertz CT molecular complexity index is 1610. The average Bonchev–Trinajstić information content (AvgIpc) is 3.60. The van der Waals surface area contributed by atoms with Crippen molar-refractivity contribution in [1.29, 1.82) is 0 Å². The fourth-order valence-corrected chi connectivity index (χ4v) is 8.15. The predicted molar refractivity (Wildman–Crippen MR) is 177 cm³/mol. The van der Waals surface area contributed by atoms with E-state index in [-0.39, 0.29) is 42.2 Å². The van der Waals surface area contributed by atoms with Gasteiger partial charge in [-0.3, -0.25) is 18.7 Å². The van der Waals surface area contributed by atoms with Crippen LogP contribution in [0.4, 0.5) is 5.82 Å². The van der Waals surface area contributed by atoms with Crippen molar-refractivity contribution < 1.29 is 62.0 Å². The molecule has 0 radical (unpaired) electrons. The molecule has 0 aliphatic carbocycles. The molecule has 25 heteroatoms. The first-order chi connectivity index (χ1) is 23.3. The number of phosphoric ester groups is 1. The molecule has 1 fully saturated rings. The van der Waals surface area contributed by atoms with E-state index in [0.717, 1.165) is 11.8 Å². The van der Waals surface area contributed by atoms with Crippen molar-refractivity contribution >= 4 is 58.4 Å². The Morgan fingerprint density at radius 3 is 2.54 bits per heavy atom. The van der Waals surface area contributed by atoms with Crippen LogP contribution in [0.3, 0.4) is 0 Å². The molecular weight excluding hydrogens is 729 g/mol. The second-order valence-electron chi connectivity index (χ2n) is 12.1. The number of carbonyl (C=O) groups excluding carboxylic acids is 2. The van der Waals surface area contributed by atoms with Gasteiger partial charge in [0.25, 0.3) is 0 Å². The molecule has 2 amide bonds. The number of nitrogens with zero attached hydrogens (tertiary/aromatic N) is 4. The zero-order chi connectivity index (χ0) is 37.4. The number of fused-ring (bicyclic) bond motifs is 1. The number of amides is 2. The number of hydrogen-bond acceptors (Lipinski definition) is 17. The molecule has 1 saturated heterocycles. The van der Waals surface area contributed by atoms with Gasteiger partial charge in [-0.05, 0) is 0 Å². The quantitative estimate of drug-likeness (QED) is 0.0446. The summed E-state index contributed by atoms with van der Waals surface area (Å²) in [6.45, 7) is 1.10. The van der Waals surface area contributed by atoms with E-state index in [4.69, 9.17) is 26.0 Å². The molecule has 0 aromatic carbocycles. The van der Waals surface area contributed by atoms with Gasteiger partial charge in [0.1, 0.15) is 36.3 Å². The van der Waals surface area contributed by atoms with Crippen LogP contribution in [0, 0.1) is 5.41 Å². The summed E-state index contributed by atoms with van der Waals surface area (Å²) in [6, 6.07) is -0.950. The minimum Gasteiger partial charge on any atom is -0.395 e. The number of carbonyl (C=O) groups is 2. The van der Waals surface area contributed by atoms with Gasteiger partial charge in [-0.2, -0.15) is 11.8 Å². The number of nitrogens with two attached hydrogens (primary N) is 2. The van der Waals surface area contributed by atoms with Crippen LogP contribution in [0.15, 0.2) is 12.7 Å². The number of anilines is 1. The lowest BCUT2D eigenvalue weighted by Crippen LogP contribution is -2.46. The van der Waals surface area contributed by atoms with Crippen LogP contribution in [0.25, 0.3) is 11.2 Å². The lowest BCUT2D eigenvalue weighted by molar-refractivity contribution is -0.137. The minimum atomic E-state index is -4.81. The maximum absolute atomic E-state index is 13.0. The number of hydrogen-bond donors (Lipinski definition) is 11. The van der Waals surface area contributed by atoms with Crippen LogP contribution in [0.2, 0.25) is 0 Å². The largest absolute Gasteiger partial charge is 0.469 e. The summed E-state index contributed by atoms with van der Waals surface area (Å²) >= 11 is 1.08. The summed E-state index contributed by atoms with van der Waals surface area (Å²) in [5.41, 5.74) is 10.9. The molecule has 1 aliphatic rings. The Hall–Kier alpha value is -2.58. The van der Waals surface area contributed by atoms with Crippen LogP contribution in [-0.4, -0.2) is 150 Å². The molecule has 0 unspecified atom stereocenters. The van der Waals surface area contributed by atoms with E-state index in [1.165, 1.54) is 31.1 Å². The number of aliphatic hydroxyl groups excluding tert-OH is 4. The van der Waals surface area contributed by atoms with E-state index in [1.807, 2.05) is 0 Å². The fraction of sp³-hybridized carbons (Fsp3) is 0.720. The zero-order valence-electron chi connectivity index (χ0n) is 27.1. The maximum Gasteiger partial charge on any atom is 0.469 e. The van der Waals surface area contributed by atoms with Crippen LogP contribution >= 0.6 is 19.6 Å². The molecule has 284 valence electrons. The second kappa shape index (κ2) is 17.8. The number of nitrogen functional groups attached to an aromatic ring is 1. The number of aliphatic hydroxyl groups is 4. The molecule has 7 atom stereocenters. The van der Waals surface area contributed by atoms with Gasteiger partial charge in [-0.15, -0.1) is 0 Å². The van der Waals surface area contributed by atoms with Gasteiger partial charge in [0, 0.05) is 48.5 Å². The molecule has 0 bridgehead atoms. The number of sulfonamides is 1. The topological polar surface area (TPSA) is 357 Å². The highest BCUT2D eigenvalue weighted by molar-refractivity contribution is 8.01. The highest BCUT2D eigenvalue weighted by atomic mass is 32.2. The van der Waals surface area contributed by atoms with Gasteiger partial charge in [0.05, 0.1) is 25.3 Å². The van der Waals surface area contributed by atoms with E-state index in [0.29, 0.717) is 0 Å². The maximum atomic E-state index is 13.0. The van der Waals surface area contributed by atoms with E-state index in [1.54, 1.807) is 0 Å². The van der Waals surface area contributed by atoms with Crippen LogP contribution in [0.5, 0.6) is 0 Å². The Morgan fingerprint density at radius 1 is 1.18 bits per heavy atom. The minimum absolute atomic E-state index is 0.0792. The van der Waals surface area contributed by atoms with Crippen molar-refractivity contribution in [3.63, 3.8) is 0 Å². The Labute approximate surface area is 291 Å². The van der Waals surface area contributed by atoms with Gasteiger partial charge < -0.3 is 57.1 Å². The van der Waals surface area contributed by atoms with Crippen molar-refractivity contribution in [2.45, 2.75) is 62.2 Å². The van der Waals surface area contributed by atoms with Crippen molar-refractivity contribution in [2.24, 2.45) is 11.1 Å². The van der Waals surface area contributed by atoms with Crippen molar-refractivity contribution in [3.05, 3.63) is 12.7 Å². The van der Waals surface area contributed by atoms with E-state index in [2.05, 4.69) is 34.8 Å². The van der Waals surface area contributed by atoms with Gasteiger partial charge >= 0.3 is 7.82 Å². The van der Waals surface area contributed by atoms with Gasteiger partial charge in [-0.1, -0.05) is 13.8 Å². The number of phosphoric acid groups is 1. The summed E-state index contributed by atoms with van der Waals surface area (Å²) in [5, 5.41) is 45.1. The third-order valence-corrected chi connectivity index (χ3v) is 11.0. The van der Waals surface area contributed by atoms with E-state index < -0.39 is 103 Å². The summed E-state index contributed by atoms with van der Waals surface area (Å²) in [6.07, 6.45) is -4.62. The number of ether oxygens (including phenoxy) is 1. The molecule has 0 spiro atoms. The summed E-state index contributed by atoms with van der Waals surface area (Å²) in [4.78, 5) is 54.1. The van der Waals surface area contributed by atoms with Gasteiger partial charge in [0.2, 0.25) is 21.8 Å². The smallest absolute Gasteiger partial charge is 0.395 e. The molecule has 3 heterocycles. The molecule has 50 heavy (non-hydrogen) atoms. The van der Waals surface area contributed by atoms with Crippen molar-refractivity contribution in [1.82, 2.24) is 34.9 Å². The van der Waals surface area contributed by atoms with Crippen molar-refractivity contribution in [3.8, 4) is 0 Å². The monoisotopic (exact) mass is 773 g/mol. The number of rotatable bonds is 20. The molecule has 22 nitrogen and oxygen atoms in total. The van der Waals surface area contributed by atoms with Crippen LogP contribution < -0.4 is 26.8 Å². The SMILES string of the molecule is CC(C)(COP(=O)(O)O)[C@@H](O)C(=O)NCCC(=O)NCCS[C@@H](CS(=O)(=O)NC[C@H]1O[C@@H](n2cnc3c(N)ncnc32)[C@H](O)[C@@H]1O)[C@@H](N)CO. The molecule has 2 aromatic heterocycles. The first-order valence-corrected chi connectivity index (χ1v) is 19.3. The van der Waals surface area contributed by atoms with Crippen LogP contribution in [-0.2, 0) is 33.4 Å². The first kappa shape index (κ1) is 41.8. The molecule has 3 rings (SSSR count). The molecule has 0 saturated carbocycles. The zero-order valence-corrected chi connectivity index (χ0v) is 29.6. The summed E-state index contributed by atoms with van der Waals surface area (Å²) < 4.78 is 50.6. The standard InChI is InChI=1S/C25H44N9O13PS2/c1-25(2,10-46-48(41,42)43)20(39)23(40)29-4-3-16(36)28-5-6-49-15(13(26)8-35)9-50(44,45)33-7-14-18(37)19(38)24(47-14)34-12-32-17-21(27)30-11-31-22(17)34/h11-15,18-20,24,33,35,37-39H,3-10,26H2,1-2H3,(H,28,36)(H,29,40)(H2,27,30,31)(H2,41,42,43)/t13-,14+,15-,18+,19+,20-,24+/m0/s1.